The van der Waals surface area contributed by atoms with Crippen molar-refractivity contribution in [1.29, 1.82) is 0 Å². The molecule has 0 unspecified atom stereocenters. The summed E-state index contributed by atoms with van der Waals surface area (Å²) < 4.78 is 4.99. The predicted molar refractivity (Wildman–Crippen MR) is 62.7 cm³/mol. The van der Waals surface area contributed by atoms with Crippen molar-refractivity contribution in [2.75, 3.05) is 13.2 Å². The normalized spacial score (nSPS) is 10.1. The lowest BCUT2D eigenvalue weighted by Gasteiger charge is -2.06. The Morgan fingerprint density at radius 3 is 2.50 bits per heavy atom. The summed E-state index contributed by atoms with van der Waals surface area (Å²) in [6, 6.07) is 7.85. The van der Waals surface area contributed by atoms with Crippen molar-refractivity contribution in [1.82, 2.24) is 5.32 Å². The Kier molecular flexibility index (Phi) is 5.53. The first kappa shape index (κ1) is 12.7. The Morgan fingerprint density at radius 1 is 1.31 bits per heavy atom. The van der Waals surface area contributed by atoms with Gasteiger partial charge >= 0.3 is 0 Å². The average Bonchev–Trinajstić information content (AvgIpc) is 2.34. The number of hydrogen-bond donors (Lipinski definition) is 2. The third kappa shape index (κ3) is 4.42. The van der Waals surface area contributed by atoms with E-state index in [1.54, 1.807) is 0 Å². The summed E-state index contributed by atoms with van der Waals surface area (Å²) >= 11 is 0. The second-order valence-corrected chi connectivity index (χ2v) is 3.43. The van der Waals surface area contributed by atoms with E-state index >= 15 is 0 Å². The van der Waals surface area contributed by atoms with Crippen LogP contribution >= 0.6 is 0 Å². The van der Waals surface area contributed by atoms with E-state index in [0.717, 1.165) is 11.1 Å². The first-order valence-electron chi connectivity index (χ1n) is 5.38. The number of ether oxygens (including phenoxy) is 1. The largest absolute Gasteiger partial charge is 0.372 e. The number of hydrogen-bond acceptors (Lipinski definition) is 3. The number of carbonyl (C=O) groups is 1. The van der Waals surface area contributed by atoms with Gasteiger partial charge in [0.15, 0.2) is 0 Å². The van der Waals surface area contributed by atoms with E-state index in [0.29, 0.717) is 19.7 Å². The molecular weight excluding hydrogens is 204 g/mol. The number of nitrogens with one attached hydrogen (secondary N) is 1. The maximum absolute atomic E-state index is 11.2. The van der Waals surface area contributed by atoms with Crippen LogP contribution in [0, 0.1) is 0 Å². The predicted octanol–water partition coefficient (Wildman–Crippen LogP) is 0.798. The van der Waals surface area contributed by atoms with Crippen molar-refractivity contribution in [3.05, 3.63) is 35.4 Å². The van der Waals surface area contributed by atoms with Gasteiger partial charge < -0.3 is 15.8 Å². The Bertz CT molecular complexity index is 322. The van der Waals surface area contributed by atoms with E-state index < -0.39 is 0 Å². The fraction of sp³-hybridized carbons (Fsp3) is 0.417. The van der Waals surface area contributed by atoms with Crippen LogP contribution < -0.4 is 11.1 Å². The van der Waals surface area contributed by atoms with Crippen molar-refractivity contribution in [2.45, 2.75) is 20.0 Å². The van der Waals surface area contributed by atoms with Crippen LogP contribution in [0.4, 0.5) is 0 Å². The molecule has 3 N–H and O–H groups in total. The van der Waals surface area contributed by atoms with E-state index in [-0.39, 0.29) is 12.5 Å². The van der Waals surface area contributed by atoms with E-state index in [1.807, 2.05) is 31.2 Å². The van der Waals surface area contributed by atoms with Gasteiger partial charge in [-0.3, -0.25) is 4.79 Å². The van der Waals surface area contributed by atoms with Crippen LogP contribution in [0.5, 0.6) is 0 Å². The highest BCUT2D eigenvalue weighted by Crippen LogP contribution is 2.03. The second kappa shape index (κ2) is 6.98. The summed E-state index contributed by atoms with van der Waals surface area (Å²) in [7, 11) is 0. The number of nitrogens with two attached hydrogens (primary N) is 1. The Hall–Kier alpha value is -1.39. The molecule has 4 nitrogen and oxygen atoms in total. The minimum atomic E-state index is -0.0928. The maximum atomic E-state index is 11.2. The van der Waals surface area contributed by atoms with Crippen LogP contribution in [-0.4, -0.2) is 19.1 Å². The van der Waals surface area contributed by atoms with Gasteiger partial charge in [0.25, 0.3) is 0 Å². The third-order valence-corrected chi connectivity index (χ3v) is 2.19. The monoisotopic (exact) mass is 222 g/mol. The highest BCUT2D eigenvalue weighted by Gasteiger charge is 2.00. The topological polar surface area (TPSA) is 64.3 Å². The van der Waals surface area contributed by atoms with Crippen LogP contribution in [0.1, 0.15) is 18.1 Å². The summed E-state index contributed by atoms with van der Waals surface area (Å²) in [5, 5.41) is 2.78. The van der Waals surface area contributed by atoms with Crippen LogP contribution in [0.3, 0.4) is 0 Å². The smallest absolute Gasteiger partial charge is 0.246 e. The molecule has 0 saturated carbocycles. The highest BCUT2D eigenvalue weighted by molar-refractivity contribution is 5.77. The minimum absolute atomic E-state index is 0.0928. The van der Waals surface area contributed by atoms with Crippen molar-refractivity contribution in [3.63, 3.8) is 0 Å². The first-order valence-corrected chi connectivity index (χ1v) is 5.38. The zero-order chi connectivity index (χ0) is 11.8. The molecule has 0 saturated heterocycles. The van der Waals surface area contributed by atoms with Gasteiger partial charge in [-0.15, -0.1) is 0 Å². The molecule has 0 heterocycles. The summed E-state index contributed by atoms with van der Waals surface area (Å²) in [6.07, 6.45) is 0. The van der Waals surface area contributed by atoms with Crippen LogP contribution in [0.25, 0.3) is 0 Å². The van der Waals surface area contributed by atoms with Gasteiger partial charge in [0.05, 0.1) is 0 Å². The molecule has 0 bridgehead atoms. The quantitative estimate of drug-likeness (QED) is 0.748. The number of amides is 1. The van der Waals surface area contributed by atoms with Gasteiger partial charge in [-0.2, -0.15) is 0 Å². The van der Waals surface area contributed by atoms with Gasteiger partial charge in [-0.05, 0) is 18.1 Å². The molecule has 88 valence electrons. The molecule has 0 aliphatic rings. The van der Waals surface area contributed by atoms with Crippen LogP contribution in [-0.2, 0) is 22.6 Å². The molecule has 0 aromatic heterocycles. The zero-order valence-corrected chi connectivity index (χ0v) is 9.53. The molecular formula is C12H18N2O2. The summed E-state index contributed by atoms with van der Waals surface area (Å²) in [5.41, 5.74) is 7.64. The SMILES string of the molecule is CCOCC(=O)NCc1ccc(CN)cc1. The van der Waals surface area contributed by atoms with E-state index in [1.165, 1.54) is 0 Å². The van der Waals surface area contributed by atoms with Gasteiger partial charge in [-0.1, -0.05) is 24.3 Å². The van der Waals surface area contributed by atoms with Crippen molar-refractivity contribution < 1.29 is 9.53 Å². The average molecular weight is 222 g/mol. The lowest BCUT2D eigenvalue weighted by Crippen LogP contribution is -2.27. The Morgan fingerprint density at radius 2 is 1.94 bits per heavy atom. The fourth-order valence-corrected chi connectivity index (χ4v) is 1.24. The maximum Gasteiger partial charge on any atom is 0.246 e. The molecule has 4 heteroatoms. The molecule has 0 spiro atoms. The van der Waals surface area contributed by atoms with Gasteiger partial charge in [-0.25, -0.2) is 0 Å². The summed E-state index contributed by atoms with van der Waals surface area (Å²) in [5.74, 6) is -0.0928. The number of benzene rings is 1. The number of rotatable bonds is 6. The third-order valence-electron chi connectivity index (χ3n) is 2.19. The van der Waals surface area contributed by atoms with Crippen molar-refractivity contribution >= 4 is 5.91 Å². The van der Waals surface area contributed by atoms with Gasteiger partial charge in [0.2, 0.25) is 5.91 Å². The summed E-state index contributed by atoms with van der Waals surface area (Å²) in [6.45, 7) is 3.60. The molecule has 0 aliphatic heterocycles. The fourth-order valence-electron chi connectivity index (χ4n) is 1.24. The first-order chi connectivity index (χ1) is 7.76. The molecule has 0 aliphatic carbocycles. The minimum Gasteiger partial charge on any atom is -0.372 e. The van der Waals surface area contributed by atoms with E-state index in [4.69, 9.17) is 10.5 Å². The zero-order valence-electron chi connectivity index (χ0n) is 9.53. The van der Waals surface area contributed by atoms with E-state index in [9.17, 15) is 4.79 Å². The van der Waals surface area contributed by atoms with Crippen LogP contribution in [0.2, 0.25) is 0 Å². The van der Waals surface area contributed by atoms with Gasteiger partial charge in [0.1, 0.15) is 6.61 Å². The summed E-state index contributed by atoms with van der Waals surface area (Å²) in [4.78, 5) is 11.2. The van der Waals surface area contributed by atoms with E-state index in [2.05, 4.69) is 5.32 Å². The lowest BCUT2D eigenvalue weighted by molar-refractivity contribution is -0.125. The number of carbonyl (C=O) groups excluding carboxylic acids is 1. The highest BCUT2D eigenvalue weighted by atomic mass is 16.5. The molecule has 1 amide bonds. The molecule has 0 fully saturated rings. The van der Waals surface area contributed by atoms with Crippen molar-refractivity contribution in [3.8, 4) is 0 Å². The van der Waals surface area contributed by atoms with Crippen LogP contribution in [0.15, 0.2) is 24.3 Å². The van der Waals surface area contributed by atoms with Gasteiger partial charge in [0, 0.05) is 19.7 Å². The Labute approximate surface area is 95.8 Å². The van der Waals surface area contributed by atoms with Crippen molar-refractivity contribution in [2.24, 2.45) is 5.73 Å². The molecule has 0 radical (unpaired) electrons. The second-order valence-electron chi connectivity index (χ2n) is 3.43. The Balaban J connectivity index is 2.33. The molecule has 1 aromatic carbocycles. The lowest BCUT2D eigenvalue weighted by atomic mass is 10.1. The molecule has 0 atom stereocenters. The molecule has 1 aromatic rings. The molecule has 1 rings (SSSR count). The molecule has 16 heavy (non-hydrogen) atoms. The standard InChI is InChI=1S/C12H18N2O2/c1-2-16-9-12(15)14-8-11-5-3-10(7-13)4-6-11/h3-6H,2,7-9,13H2,1H3,(H,14,15).